The van der Waals surface area contributed by atoms with Crippen LogP contribution in [0.4, 0.5) is 0 Å². The minimum Gasteiger partial charge on any atom is -0.461 e. The quantitative estimate of drug-likeness (QED) is 0.412. The molecule has 0 aromatic heterocycles. The summed E-state index contributed by atoms with van der Waals surface area (Å²) in [5, 5.41) is 0. The van der Waals surface area contributed by atoms with E-state index in [9.17, 15) is 9.70 Å². The Kier molecular flexibility index (Phi) is 4.19. The second kappa shape index (κ2) is 4.72. The van der Waals surface area contributed by atoms with Crippen molar-refractivity contribution < 1.29 is 19.3 Å². The van der Waals surface area contributed by atoms with E-state index in [1.165, 1.54) is 7.11 Å². The van der Waals surface area contributed by atoms with Crippen molar-refractivity contribution in [2.45, 2.75) is 6.92 Å². The first-order valence-corrected chi connectivity index (χ1v) is 2.85. The van der Waals surface area contributed by atoms with Crippen molar-refractivity contribution in [2.75, 3.05) is 20.3 Å². The summed E-state index contributed by atoms with van der Waals surface area (Å²) in [7, 11) is 1.19. The lowest BCUT2D eigenvalue weighted by Crippen LogP contribution is -2.19. The van der Waals surface area contributed by atoms with Crippen LogP contribution in [0, 0.1) is 4.91 Å². The zero-order valence-electron chi connectivity index (χ0n) is 5.99. The molecule has 0 fully saturated rings. The van der Waals surface area contributed by atoms with Crippen LogP contribution < -0.4 is 0 Å². The van der Waals surface area contributed by atoms with Gasteiger partial charge in [0.25, 0.3) is 0 Å². The minimum atomic E-state index is -0.584. The third-order valence-corrected chi connectivity index (χ3v) is 0.767. The highest BCUT2D eigenvalue weighted by Crippen LogP contribution is 1.79. The predicted octanol–water partition coefficient (Wildman–Crippen LogP) is -0.110. The molecule has 0 amide bonds. The third kappa shape index (κ3) is 3.82. The molecule has 0 unspecified atom stereocenters. The van der Waals surface area contributed by atoms with Crippen LogP contribution in [-0.4, -0.2) is 31.2 Å². The summed E-state index contributed by atoms with van der Waals surface area (Å²) in [5.41, 5.74) is 0. The molecular formula is C5H10NO4+. The van der Waals surface area contributed by atoms with Gasteiger partial charge in [-0.2, -0.15) is 0 Å². The van der Waals surface area contributed by atoms with Gasteiger partial charge < -0.3 is 4.74 Å². The number of nitrogens with zero attached hydrogens (tertiary/aromatic N) is 1. The molecule has 0 aliphatic rings. The maximum absolute atomic E-state index is 10.5. The Labute approximate surface area is 58.4 Å². The molecule has 5 heteroatoms. The second-order valence-electron chi connectivity index (χ2n) is 1.48. The van der Waals surface area contributed by atoms with Gasteiger partial charge in [-0.3, -0.25) is 0 Å². The van der Waals surface area contributed by atoms with Crippen molar-refractivity contribution >= 4 is 5.97 Å². The average Bonchev–Trinajstić information content (AvgIpc) is 1.88. The summed E-state index contributed by atoms with van der Waals surface area (Å²) in [6.07, 6.45) is 0. The lowest BCUT2D eigenvalue weighted by atomic mass is 10.7. The van der Waals surface area contributed by atoms with E-state index >= 15 is 0 Å². The standard InChI is InChI=1S/C5H10NO4/c1-3-10-5(7)4-6(8)9-2/h3-4H2,1-2H3/q+1. The number of ether oxygens (including phenoxy) is 1. The van der Waals surface area contributed by atoms with Crippen LogP contribution in [0.25, 0.3) is 0 Å². The molecule has 0 N–H and O–H groups in total. The molecule has 0 bridgehead atoms. The van der Waals surface area contributed by atoms with Crippen LogP contribution in [0.5, 0.6) is 0 Å². The van der Waals surface area contributed by atoms with Gasteiger partial charge >= 0.3 is 12.5 Å². The number of carbonyl (C=O) groups is 1. The Hall–Kier alpha value is -1.13. The molecule has 0 rings (SSSR count). The molecule has 0 spiro atoms. The summed E-state index contributed by atoms with van der Waals surface area (Å²) >= 11 is 0. The fraction of sp³-hybridized carbons (Fsp3) is 0.800. The van der Waals surface area contributed by atoms with Crippen molar-refractivity contribution in [1.29, 1.82) is 0 Å². The highest BCUT2D eigenvalue weighted by molar-refractivity contribution is 5.70. The maximum Gasteiger partial charge on any atom is 0.383 e. The summed E-state index contributed by atoms with van der Waals surface area (Å²) < 4.78 is 4.45. The molecule has 58 valence electrons. The van der Waals surface area contributed by atoms with E-state index in [-0.39, 0.29) is 18.1 Å². The zero-order chi connectivity index (χ0) is 7.98. The zero-order valence-corrected chi connectivity index (χ0v) is 5.99. The first-order chi connectivity index (χ1) is 4.70. The Morgan fingerprint density at radius 3 is 2.60 bits per heavy atom. The highest BCUT2D eigenvalue weighted by Gasteiger charge is 2.16. The van der Waals surface area contributed by atoms with Gasteiger partial charge in [0.15, 0.2) is 7.11 Å². The number of esters is 1. The Morgan fingerprint density at radius 2 is 2.20 bits per heavy atom. The lowest BCUT2D eigenvalue weighted by molar-refractivity contribution is -0.789. The fourth-order valence-electron chi connectivity index (χ4n) is 0.377. The second-order valence-corrected chi connectivity index (χ2v) is 1.48. The molecule has 0 heterocycles. The number of carbonyl (C=O) groups excluding carboxylic acids is 1. The smallest absolute Gasteiger partial charge is 0.383 e. The Bertz CT molecular complexity index is 134. The van der Waals surface area contributed by atoms with E-state index in [0.29, 0.717) is 0 Å². The van der Waals surface area contributed by atoms with Crippen molar-refractivity contribution in [1.82, 2.24) is 0 Å². The summed E-state index contributed by atoms with van der Waals surface area (Å²) in [4.78, 5) is 25.1. The first-order valence-electron chi connectivity index (χ1n) is 2.85. The monoisotopic (exact) mass is 148 g/mol. The molecule has 5 nitrogen and oxygen atoms in total. The third-order valence-electron chi connectivity index (χ3n) is 0.767. The summed E-state index contributed by atoms with van der Waals surface area (Å²) in [5.74, 6) is -0.584. The summed E-state index contributed by atoms with van der Waals surface area (Å²) in [6, 6.07) is 0. The van der Waals surface area contributed by atoms with E-state index in [0.717, 1.165) is 0 Å². The van der Waals surface area contributed by atoms with E-state index in [2.05, 4.69) is 9.57 Å². The van der Waals surface area contributed by atoms with Gasteiger partial charge in [-0.1, -0.05) is 0 Å². The van der Waals surface area contributed by atoms with E-state index < -0.39 is 5.97 Å². The Morgan fingerprint density at radius 1 is 1.60 bits per heavy atom. The van der Waals surface area contributed by atoms with Crippen molar-refractivity contribution in [3.63, 3.8) is 0 Å². The molecule has 0 aliphatic heterocycles. The molecule has 10 heavy (non-hydrogen) atoms. The predicted molar refractivity (Wildman–Crippen MR) is 32.1 cm³/mol. The van der Waals surface area contributed by atoms with Gasteiger partial charge in [-0.25, -0.2) is 9.63 Å². The van der Waals surface area contributed by atoms with Gasteiger partial charge in [0, 0.05) is 0 Å². The van der Waals surface area contributed by atoms with Crippen molar-refractivity contribution in [3.8, 4) is 0 Å². The van der Waals surface area contributed by atoms with E-state index in [1.54, 1.807) is 6.92 Å². The first kappa shape index (κ1) is 8.87. The van der Waals surface area contributed by atoms with Crippen LogP contribution in [0.1, 0.15) is 6.92 Å². The maximum atomic E-state index is 10.5. The molecule has 0 aliphatic carbocycles. The minimum absolute atomic E-state index is 0.151. The van der Waals surface area contributed by atoms with Crippen LogP contribution >= 0.6 is 0 Å². The Balaban J connectivity index is 3.47. The fourth-order valence-corrected chi connectivity index (χ4v) is 0.377. The largest absolute Gasteiger partial charge is 0.461 e. The number of hydrogen-bond acceptors (Lipinski definition) is 4. The van der Waals surface area contributed by atoms with Gasteiger partial charge in [-0.15, -0.1) is 0 Å². The highest BCUT2D eigenvalue weighted by atomic mass is 16.8. The van der Waals surface area contributed by atoms with Crippen LogP contribution in [0.3, 0.4) is 0 Å². The van der Waals surface area contributed by atoms with Gasteiger partial charge in [0.1, 0.15) is 0 Å². The van der Waals surface area contributed by atoms with Crippen LogP contribution in [0.15, 0.2) is 0 Å². The number of hydrogen-bond donors (Lipinski definition) is 0. The molecule has 0 saturated heterocycles. The van der Waals surface area contributed by atoms with Crippen molar-refractivity contribution in [2.24, 2.45) is 0 Å². The van der Waals surface area contributed by atoms with Crippen LogP contribution in [-0.2, 0) is 14.4 Å². The molecule has 0 radical (unpaired) electrons. The average molecular weight is 148 g/mol. The van der Waals surface area contributed by atoms with Crippen LogP contribution in [0.2, 0.25) is 0 Å². The van der Waals surface area contributed by atoms with Crippen molar-refractivity contribution in [3.05, 3.63) is 4.91 Å². The lowest BCUT2D eigenvalue weighted by Gasteiger charge is -1.92. The van der Waals surface area contributed by atoms with E-state index in [1.807, 2.05) is 0 Å². The molecular weight excluding hydrogens is 138 g/mol. The molecule has 0 aromatic carbocycles. The van der Waals surface area contributed by atoms with Gasteiger partial charge in [0.05, 0.1) is 11.5 Å². The van der Waals surface area contributed by atoms with E-state index in [4.69, 9.17) is 0 Å². The topological polar surface area (TPSA) is 55.6 Å². The SMILES string of the molecule is CCOC(=O)C[N+](=O)OC. The van der Waals surface area contributed by atoms with Gasteiger partial charge in [0.2, 0.25) is 4.92 Å². The molecule has 0 aromatic rings. The normalized spacial score (nSPS) is 8.60. The number of rotatable bonds is 4. The van der Waals surface area contributed by atoms with Gasteiger partial charge in [-0.05, 0) is 6.92 Å². The summed E-state index contributed by atoms with van der Waals surface area (Å²) in [6.45, 7) is 1.56. The molecule has 0 atom stereocenters. The molecule has 0 saturated carbocycles.